The first-order valence-corrected chi connectivity index (χ1v) is 8.68. The number of rotatable bonds is 3. The average Bonchev–Trinajstić information content (AvgIpc) is 3.27. The number of aryl methyl sites for hydroxylation is 1. The number of hydrogen-bond acceptors (Lipinski definition) is 4. The predicted octanol–water partition coefficient (Wildman–Crippen LogP) is 3.89. The van der Waals surface area contributed by atoms with Gasteiger partial charge in [0.2, 0.25) is 5.58 Å². The molecule has 6 heteroatoms. The highest BCUT2D eigenvalue weighted by atomic mass is 16.3. The van der Waals surface area contributed by atoms with E-state index in [1.165, 1.54) is 0 Å². The van der Waals surface area contributed by atoms with Crippen molar-refractivity contribution < 1.29 is 4.42 Å². The zero-order chi connectivity index (χ0) is 18.4. The van der Waals surface area contributed by atoms with Crippen LogP contribution in [0.15, 0.2) is 70.1 Å². The lowest BCUT2D eigenvalue weighted by Crippen LogP contribution is -2.14. The van der Waals surface area contributed by atoms with Crippen LogP contribution < -0.4 is 5.56 Å². The van der Waals surface area contributed by atoms with Crippen LogP contribution in [0.25, 0.3) is 33.5 Å². The summed E-state index contributed by atoms with van der Waals surface area (Å²) in [5.74, 6) is 1.39. The molecule has 5 aromatic rings. The van der Waals surface area contributed by atoms with Crippen molar-refractivity contribution in [1.29, 1.82) is 0 Å². The van der Waals surface area contributed by atoms with Crippen LogP contribution in [0, 0.1) is 6.92 Å². The number of nitrogens with zero attached hydrogens (tertiary/aromatic N) is 3. The van der Waals surface area contributed by atoms with Gasteiger partial charge in [0, 0.05) is 23.3 Å². The number of hydrogen-bond donors (Lipinski definition) is 1. The lowest BCUT2D eigenvalue weighted by atomic mass is 10.2. The van der Waals surface area contributed by atoms with E-state index >= 15 is 0 Å². The molecule has 0 aliphatic rings. The zero-order valence-electron chi connectivity index (χ0n) is 14.6. The standard InChI is InChI=1S/C21H16N4O2/c1-13-7-8-16-15(11-13)18-19(27-16)21(26)24-17(23-18)12-25-10-9-22-20(25)14-5-3-2-4-6-14/h2-11H,12H2,1H3,(H,23,24,26). The van der Waals surface area contributed by atoms with Crippen molar-refractivity contribution in [2.75, 3.05) is 0 Å². The normalized spacial score (nSPS) is 11.4. The highest BCUT2D eigenvalue weighted by Gasteiger charge is 2.14. The van der Waals surface area contributed by atoms with E-state index in [-0.39, 0.29) is 11.1 Å². The minimum Gasteiger partial charge on any atom is -0.449 e. The Morgan fingerprint density at radius 2 is 2.00 bits per heavy atom. The average molecular weight is 356 g/mol. The molecule has 27 heavy (non-hydrogen) atoms. The van der Waals surface area contributed by atoms with E-state index in [1.807, 2.05) is 66.2 Å². The first kappa shape index (κ1) is 15.6. The molecule has 0 radical (unpaired) electrons. The summed E-state index contributed by atoms with van der Waals surface area (Å²) in [5, 5.41) is 0.853. The second-order valence-corrected chi connectivity index (χ2v) is 6.54. The van der Waals surface area contributed by atoms with Gasteiger partial charge in [-0.25, -0.2) is 9.97 Å². The number of nitrogens with one attached hydrogen (secondary N) is 1. The molecular formula is C21H16N4O2. The molecule has 3 heterocycles. The summed E-state index contributed by atoms with van der Waals surface area (Å²) >= 11 is 0. The molecule has 5 rings (SSSR count). The number of benzene rings is 2. The number of aromatic amines is 1. The highest BCUT2D eigenvalue weighted by molar-refractivity contribution is 6.02. The van der Waals surface area contributed by atoms with Gasteiger partial charge in [-0.3, -0.25) is 4.79 Å². The Kier molecular flexibility index (Phi) is 3.43. The van der Waals surface area contributed by atoms with Crippen LogP contribution in [0.3, 0.4) is 0 Å². The SMILES string of the molecule is Cc1ccc2oc3c(=O)[nH]c(Cn4ccnc4-c4ccccc4)nc3c2c1. The molecule has 0 fully saturated rings. The molecule has 0 spiro atoms. The smallest absolute Gasteiger partial charge is 0.294 e. The molecule has 132 valence electrons. The van der Waals surface area contributed by atoms with Crippen LogP contribution in [0.1, 0.15) is 11.4 Å². The quantitative estimate of drug-likeness (QED) is 0.532. The minimum absolute atomic E-state index is 0.258. The largest absolute Gasteiger partial charge is 0.449 e. The summed E-state index contributed by atoms with van der Waals surface area (Å²) in [6.07, 6.45) is 3.62. The third-order valence-corrected chi connectivity index (χ3v) is 4.60. The fourth-order valence-electron chi connectivity index (χ4n) is 3.33. The molecule has 0 saturated carbocycles. The van der Waals surface area contributed by atoms with Crippen molar-refractivity contribution in [1.82, 2.24) is 19.5 Å². The first-order chi connectivity index (χ1) is 13.2. The molecule has 0 aliphatic heterocycles. The molecule has 1 N–H and O–H groups in total. The fourth-order valence-corrected chi connectivity index (χ4v) is 3.33. The highest BCUT2D eigenvalue weighted by Crippen LogP contribution is 2.26. The van der Waals surface area contributed by atoms with E-state index in [4.69, 9.17) is 4.42 Å². The van der Waals surface area contributed by atoms with E-state index in [2.05, 4.69) is 15.0 Å². The number of H-pyrrole nitrogens is 1. The van der Waals surface area contributed by atoms with Gasteiger partial charge in [0.15, 0.2) is 0 Å². The summed E-state index contributed by atoms with van der Waals surface area (Å²) in [6, 6.07) is 15.7. The maximum atomic E-state index is 12.5. The number of aromatic nitrogens is 4. The van der Waals surface area contributed by atoms with E-state index in [0.717, 1.165) is 22.3 Å². The lowest BCUT2D eigenvalue weighted by molar-refractivity contribution is 0.656. The van der Waals surface area contributed by atoms with E-state index < -0.39 is 0 Å². The number of furan rings is 1. The Labute approximate surface area is 154 Å². The van der Waals surface area contributed by atoms with Gasteiger partial charge in [-0.1, -0.05) is 42.0 Å². The Hall–Kier alpha value is -3.67. The molecule has 0 unspecified atom stereocenters. The van der Waals surface area contributed by atoms with Crippen molar-refractivity contribution in [2.24, 2.45) is 0 Å². The van der Waals surface area contributed by atoms with E-state index in [9.17, 15) is 4.79 Å². The van der Waals surface area contributed by atoms with Crippen molar-refractivity contribution in [3.8, 4) is 11.4 Å². The molecule has 3 aromatic heterocycles. The summed E-state index contributed by atoms with van der Waals surface area (Å²) in [5.41, 5.74) is 3.34. The third-order valence-electron chi connectivity index (χ3n) is 4.60. The molecular weight excluding hydrogens is 340 g/mol. The summed E-state index contributed by atoms with van der Waals surface area (Å²) < 4.78 is 7.66. The topological polar surface area (TPSA) is 76.7 Å². The van der Waals surface area contributed by atoms with Crippen LogP contribution in [0.2, 0.25) is 0 Å². The van der Waals surface area contributed by atoms with Crippen LogP contribution in [0.5, 0.6) is 0 Å². The lowest BCUT2D eigenvalue weighted by Gasteiger charge is -2.07. The van der Waals surface area contributed by atoms with Gasteiger partial charge in [-0.2, -0.15) is 0 Å². The van der Waals surface area contributed by atoms with Gasteiger partial charge in [0.05, 0.1) is 6.54 Å². The molecule has 0 amide bonds. The Morgan fingerprint density at radius 1 is 1.15 bits per heavy atom. The second kappa shape index (κ2) is 5.95. The van der Waals surface area contributed by atoms with Crippen LogP contribution in [0.4, 0.5) is 0 Å². The van der Waals surface area contributed by atoms with Crippen LogP contribution >= 0.6 is 0 Å². The van der Waals surface area contributed by atoms with Crippen molar-refractivity contribution in [3.63, 3.8) is 0 Å². The van der Waals surface area contributed by atoms with E-state index in [1.54, 1.807) is 6.20 Å². The summed E-state index contributed by atoms with van der Waals surface area (Å²) in [7, 11) is 0. The molecule has 0 bridgehead atoms. The maximum Gasteiger partial charge on any atom is 0.294 e. The van der Waals surface area contributed by atoms with Crippen LogP contribution in [-0.4, -0.2) is 19.5 Å². The van der Waals surface area contributed by atoms with Gasteiger partial charge in [0.1, 0.15) is 22.7 Å². The zero-order valence-corrected chi connectivity index (χ0v) is 14.6. The third kappa shape index (κ3) is 2.62. The second-order valence-electron chi connectivity index (χ2n) is 6.54. The Bertz CT molecular complexity index is 1330. The van der Waals surface area contributed by atoms with Crippen molar-refractivity contribution in [3.05, 3.63) is 82.7 Å². The number of imidazole rings is 1. The van der Waals surface area contributed by atoms with Gasteiger partial charge in [-0.15, -0.1) is 0 Å². The number of fused-ring (bicyclic) bond motifs is 3. The van der Waals surface area contributed by atoms with Crippen molar-refractivity contribution in [2.45, 2.75) is 13.5 Å². The van der Waals surface area contributed by atoms with Gasteiger partial charge >= 0.3 is 0 Å². The van der Waals surface area contributed by atoms with Crippen molar-refractivity contribution >= 4 is 22.1 Å². The predicted molar refractivity (Wildman–Crippen MR) is 104 cm³/mol. The van der Waals surface area contributed by atoms with E-state index in [0.29, 0.717) is 23.5 Å². The molecule has 0 aliphatic carbocycles. The molecule has 0 saturated heterocycles. The summed E-state index contributed by atoms with van der Waals surface area (Å²) in [6.45, 7) is 2.41. The fraction of sp³-hybridized carbons (Fsp3) is 0.0952. The first-order valence-electron chi connectivity index (χ1n) is 8.68. The molecule has 6 nitrogen and oxygen atoms in total. The molecule has 2 aromatic carbocycles. The Morgan fingerprint density at radius 3 is 2.85 bits per heavy atom. The van der Waals surface area contributed by atoms with Gasteiger partial charge in [0.25, 0.3) is 5.56 Å². The Balaban J connectivity index is 1.63. The van der Waals surface area contributed by atoms with Gasteiger partial charge < -0.3 is 14.0 Å². The summed E-state index contributed by atoms with van der Waals surface area (Å²) in [4.78, 5) is 24.5. The monoisotopic (exact) mass is 356 g/mol. The minimum atomic E-state index is -0.273. The van der Waals surface area contributed by atoms with Gasteiger partial charge in [-0.05, 0) is 19.1 Å². The maximum absolute atomic E-state index is 12.5. The van der Waals surface area contributed by atoms with Crippen LogP contribution in [-0.2, 0) is 6.54 Å². The molecule has 0 atom stereocenters.